The first-order chi connectivity index (χ1) is 36.0. The van der Waals surface area contributed by atoms with Gasteiger partial charge in [-0.3, -0.25) is 43.3 Å². The Morgan fingerprint density at radius 3 is 1.77 bits per heavy atom. The van der Waals surface area contributed by atoms with Crippen molar-refractivity contribution in [2.24, 2.45) is 34.2 Å². The number of primary amides is 1. The minimum Gasteiger partial charge on any atom is -0.487 e. The highest BCUT2D eigenvalue weighted by atomic mass is 32.2. The number of hydrogen-bond acceptors (Lipinski definition) is 16. The molecule has 1 aromatic rings. The number of carboxylic acid groups (broad SMARTS) is 1. The van der Waals surface area contributed by atoms with Crippen LogP contribution in [0.4, 0.5) is 0 Å². The molecule has 9 N–H and O–H groups in total. The second-order valence-electron chi connectivity index (χ2n) is 24.5. The molecule has 1 aromatic carbocycles. The smallest absolute Gasteiger partial charge is 0.307 e. The monoisotopic (exact) mass is 1150 g/mol. The van der Waals surface area contributed by atoms with Crippen molar-refractivity contribution in [1.29, 1.82) is 0 Å². The van der Waals surface area contributed by atoms with Gasteiger partial charge in [0.1, 0.15) is 17.4 Å². The third kappa shape index (κ3) is 21.0. The number of nitrogens with one attached hydrogen (secondary N) is 4. The highest BCUT2D eigenvalue weighted by Gasteiger charge is 2.42. The van der Waals surface area contributed by atoms with Crippen LogP contribution in [-0.4, -0.2) is 143 Å². The van der Waals surface area contributed by atoms with Gasteiger partial charge in [-0.15, -0.1) is 11.8 Å². The number of carboxylic acids is 1. The molecule has 9 atom stereocenters. The molecule has 2 aliphatic rings. The fourth-order valence-electron chi connectivity index (χ4n) is 9.85. The Kier molecular flexibility index (Phi) is 23.7. The molecule has 0 aliphatic carbocycles. The molecule has 3 rings (SSSR count). The third-order valence-corrected chi connectivity index (χ3v) is 16.0. The molecule has 0 bridgehead atoms. The topological polar surface area (TPSA) is 340 Å². The van der Waals surface area contributed by atoms with Gasteiger partial charge in [0.25, 0.3) is 10.0 Å². The maximum Gasteiger partial charge on any atom is 0.307 e. The summed E-state index contributed by atoms with van der Waals surface area (Å²) in [6, 6.07) is -4.32. The maximum absolute atomic E-state index is 14.9. The summed E-state index contributed by atoms with van der Waals surface area (Å²) in [6.45, 7) is 29.2. The first-order valence-electron chi connectivity index (χ1n) is 26.8. The number of sulfonamides is 1. The summed E-state index contributed by atoms with van der Waals surface area (Å²) < 4.78 is 55.0. The van der Waals surface area contributed by atoms with Gasteiger partial charge in [0.15, 0.2) is 17.3 Å². The summed E-state index contributed by atoms with van der Waals surface area (Å²) in [7, 11) is -4.32. The number of carbonyl (C=O) groups is 8. The summed E-state index contributed by atoms with van der Waals surface area (Å²) >= 11 is 0.914. The zero-order valence-corrected chi connectivity index (χ0v) is 51.0. The van der Waals surface area contributed by atoms with Crippen LogP contribution in [0.2, 0.25) is 0 Å². The zero-order valence-electron chi connectivity index (χ0n) is 49.3. The van der Waals surface area contributed by atoms with Gasteiger partial charge in [0.2, 0.25) is 29.6 Å². The Morgan fingerprint density at radius 1 is 0.747 bits per heavy atom. The summed E-state index contributed by atoms with van der Waals surface area (Å²) in [5.74, 6) is -11.8. The quantitative estimate of drug-likeness (QED) is 0.0653. The van der Waals surface area contributed by atoms with Crippen LogP contribution in [0, 0.1) is 38.5 Å². The van der Waals surface area contributed by atoms with Crippen molar-refractivity contribution in [3.63, 3.8) is 0 Å². The van der Waals surface area contributed by atoms with Crippen LogP contribution in [0.3, 0.4) is 0 Å². The van der Waals surface area contributed by atoms with Crippen molar-refractivity contribution < 1.29 is 70.8 Å². The molecule has 2 heterocycles. The minimum absolute atomic E-state index is 0.0152. The van der Waals surface area contributed by atoms with E-state index in [1.165, 1.54) is 0 Å². The number of nitrogens with two attached hydrogens (primary N) is 2. The average Bonchev–Trinajstić information content (AvgIpc) is 3.61. The fourth-order valence-corrected chi connectivity index (χ4v) is 12.2. The predicted molar refractivity (Wildman–Crippen MR) is 300 cm³/mol. The number of rotatable bonds is 17. The van der Waals surface area contributed by atoms with Crippen molar-refractivity contribution in [3.05, 3.63) is 22.3 Å². The molecule has 1 saturated heterocycles. The number of ketones is 3. The standard InChI is InChI=1S/C55H89N7O15S2/c1-28-29(2)47(30(3)46-37(28)25-55(16,17)77-46)79(72,73)62-51(57)58-20-18-19-38-40(63)21-34(50(70)71)22-44(67)59-39(26-78-27-43(56)66)41(64)23-35(31(4)74-52(7,8)9)49(69)61-45(33(6)76-54(13,14)15)42(65)24-36(48(68)60-38)32(5)75-53(10,11)12/h31-36,38-39,45H,18-27H2,1-17H3,(H2,56,66)(H,59,67)(H,60,68)(H,61,69)(H,70,71)(H3,57,58,62)/t31-,32-,33-,34+,35+,36+,38+,39+,45+/m1/s1. The van der Waals surface area contributed by atoms with Crippen LogP contribution < -0.4 is 36.9 Å². The van der Waals surface area contributed by atoms with E-state index >= 15 is 0 Å². The number of amides is 4. The van der Waals surface area contributed by atoms with E-state index in [4.69, 9.17) is 30.4 Å². The second kappa shape index (κ2) is 27.5. The van der Waals surface area contributed by atoms with E-state index in [2.05, 4.69) is 25.7 Å². The van der Waals surface area contributed by atoms with Gasteiger partial charge in [0.05, 0.1) is 75.6 Å². The molecule has 0 unspecified atom stereocenters. The molecular formula is C55H89N7O15S2. The number of hydrogen-bond donors (Lipinski definition) is 7. The van der Waals surface area contributed by atoms with Crippen molar-refractivity contribution in [2.45, 2.75) is 226 Å². The summed E-state index contributed by atoms with van der Waals surface area (Å²) in [6.07, 6.45) is -5.44. The number of carbonyl (C=O) groups excluding carboxylic acids is 7. The molecule has 446 valence electrons. The number of aliphatic carboxylic acids is 1. The lowest BCUT2D eigenvalue weighted by atomic mass is 9.89. The number of Topliss-reactive ketones (excluding diaryl/α,β-unsaturated/α-hetero) is 3. The van der Waals surface area contributed by atoms with Crippen LogP contribution in [0.1, 0.15) is 158 Å². The van der Waals surface area contributed by atoms with E-state index in [9.17, 15) is 51.9 Å². The summed E-state index contributed by atoms with van der Waals surface area (Å²) in [5, 5.41) is 18.5. The van der Waals surface area contributed by atoms with Gasteiger partial charge in [0, 0.05) is 55.5 Å². The molecule has 0 spiro atoms. The minimum atomic E-state index is -4.32. The van der Waals surface area contributed by atoms with E-state index in [1.54, 1.807) is 96.9 Å². The Bertz CT molecular complexity index is 2580. The highest BCUT2D eigenvalue weighted by molar-refractivity contribution is 8.00. The molecule has 4 amide bonds. The molecule has 0 saturated carbocycles. The molecule has 0 radical (unpaired) electrons. The summed E-state index contributed by atoms with van der Waals surface area (Å²) in [5.41, 5.74) is 11.1. The van der Waals surface area contributed by atoms with Crippen molar-refractivity contribution in [2.75, 3.05) is 18.1 Å². The van der Waals surface area contributed by atoms with E-state index in [-0.39, 0.29) is 35.8 Å². The lowest BCUT2D eigenvalue weighted by molar-refractivity contribution is -0.149. The molecule has 24 heteroatoms. The number of thioether (sulfide) groups is 1. The average molecular weight is 1150 g/mol. The predicted octanol–water partition coefficient (Wildman–Crippen LogP) is 4.20. The maximum atomic E-state index is 14.9. The van der Waals surface area contributed by atoms with Crippen molar-refractivity contribution in [3.8, 4) is 5.75 Å². The highest BCUT2D eigenvalue weighted by Crippen LogP contribution is 2.44. The lowest BCUT2D eigenvalue weighted by Crippen LogP contribution is -2.55. The Morgan fingerprint density at radius 2 is 1.25 bits per heavy atom. The Labute approximate surface area is 471 Å². The molecule has 22 nitrogen and oxygen atoms in total. The molecule has 2 aliphatic heterocycles. The Balaban J connectivity index is 2.17. The van der Waals surface area contributed by atoms with Crippen molar-refractivity contribution >= 4 is 74.7 Å². The van der Waals surface area contributed by atoms with E-state index in [0.29, 0.717) is 23.3 Å². The number of nitrogens with zero attached hydrogens (tertiary/aromatic N) is 1. The SMILES string of the molecule is Cc1c(C)c(S(=O)(=O)NC(N)=NCCC[C@@H]2NC(=O)[C@H]([C@@H](C)OC(C)(C)C)CC(=O)[C@H]([C@@H](C)OC(C)(C)C)NC(=O)[C@H]([C@@H](C)OC(C)(C)C)CC(=O)[C@H](CSCC(N)=O)NC(=O)C[C@@H](C(=O)O)CC2=O)c(C)c2c1CC(C)(C)O2. The van der Waals surface area contributed by atoms with Crippen LogP contribution in [0.5, 0.6) is 5.75 Å². The van der Waals surface area contributed by atoms with Gasteiger partial charge in [-0.2, -0.15) is 0 Å². The van der Waals surface area contributed by atoms with E-state index in [1.807, 2.05) is 20.8 Å². The summed E-state index contributed by atoms with van der Waals surface area (Å²) in [4.78, 5) is 116. The Hall–Kier alpha value is -5.17. The number of benzene rings is 1. The van der Waals surface area contributed by atoms with E-state index < -0.39 is 165 Å². The lowest BCUT2D eigenvalue weighted by Gasteiger charge is -2.35. The molecule has 0 aromatic heterocycles. The number of guanidine groups is 1. The van der Waals surface area contributed by atoms with Crippen LogP contribution >= 0.6 is 11.8 Å². The van der Waals surface area contributed by atoms with Gasteiger partial charge >= 0.3 is 5.97 Å². The number of ether oxygens (including phenoxy) is 4. The van der Waals surface area contributed by atoms with Crippen LogP contribution in [0.25, 0.3) is 0 Å². The first kappa shape index (κ1) is 68.1. The molecule has 1 fully saturated rings. The van der Waals surface area contributed by atoms with Gasteiger partial charge in [-0.05, 0) is 142 Å². The number of fused-ring (bicyclic) bond motifs is 1. The van der Waals surface area contributed by atoms with Crippen LogP contribution in [-0.2, 0) is 69.0 Å². The van der Waals surface area contributed by atoms with Gasteiger partial charge in [-0.1, -0.05) is 0 Å². The van der Waals surface area contributed by atoms with Crippen LogP contribution in [0.15, 0.2) is 9.89 Å². The normalized spacial score (nSPS) is 23.9. The van der Waals surface area contributed by atoms with Gasteiger partial charge < -0.3 is 51.5 Å². The third-order valence-electron chi connectivity index (χ3n) is 13.3. The number of aliphatic imine (C=N–C) groups is 1. The largest absolute Gasteiger partial charge is 0.487 e. The molecule has 79 heavy (non-hydrogen) atoms. The van der Waals surface area contributed by atoms with Gasteiger partial charge in [-0.25, -0.2) is 13.1 Å². The fraction of sp³-hybridized carbons (Fsp3) is 0.727. The van der Waals surface area contributed by atoms with Crippen molar-refractivity contribution in [1.82, 2.24) is 20.7 Å². The second-order valence-corrected chi connectivity index (χ2v) is 27.1. The first-order valence-corrected chi connectivity index (χ1v) is 29.4. The zero-order chi connectivity index (χ0) is 60.5. The molecular weight excluding hydrogens is 1060 g/mol. The van der Waals surface area contributed by atoms with E-state index in [0.717, 1.165) is 22.9 Å².